The molecule has 0 saturated carbocycles. The van der Waals surface area contributed by atoms with Crippen LogP contribution >= 0.6 is 0 Å². The quantitative estimate of drug-likeness (QED) is 0.782. The van der Waals surface area contributed by atoms with Gasteiger partial charge in [-0.3, -0.25) is 0 Å². The summed E-state index contributed by atoms with van der Waals surface area (Å²) in [6.07, 6.45) is 4.37. The molecule has 2 heterocycles. The third-order valence-electron chi connectivity index (χ3n) is 4.15. The number of hydrogen-bond donors (Lipinski definition) is 3. The fourth-order valence-electron chi connectivity index (χ4n) is 2.83. The van der Waals surface area contributed by atoms with E-state index in [1.807, 2.05) is 29.2 Å². The average molecular weight is 314 g/mol. The Balaban J connectivity index is 1.79. The molecule has 1 aliphatic rings. The molecule has 1 aromatic carbocycles. The van der Waals surface area contributed by atoms with Crippen LogP contribution in [0.4, 0.5) is 5.95 Å². The van der Waals surface area contributed by atoms with Gasteiger partial charge in [0.25, 0.3) is 0 Å². The lowest BCUT2D eigenvalue weighted by Gasteiger charge is -2.29. The monoisotopic (exact) mass is 314 g/mol. The molecule has 1 aliphatic heterocycles. The third-order valence-corrected chi connectivity index (χ3v) is 4.15. The van der Waals surface area contributed by atoms with Crippen LogP contribution in [0.1, 0.15) is 24.5 Å². The minimum atomic E-state index is -0.662. The highest BCUT2D eigenvalue weighted by molar-refractivity contribution is 5.63. The van der Waals surface area contributed by atoms with Crippen LogP contribution < -0.4 is 10.6 Å². The highest BCUT2D eigenvalue weighted by atomic mass is 16.3. The van der Waals surface area contributed by atoms with Crippen LogP contribution in [-0.2, 0) is 0 Å². The molecule has 6 nitrogen and oxygen atoms in total. The van der Waals surface area contributed by atoms with Gasteiger partial charge in [0, 0.05) is 37.6 Å². The molecule has 0 amide bonds. The zero-order valence-corrected chi connectivity index (χ0v) is 13.0. The summed E-state index contributed by atoms with van der Waals surface area (Å²) in [6, 6.07) is 7.60. The van der Waals surface area contributed by atoms with Crippen molar-refractivity contribution in [2.24, 2.45) is 5.73 Å². The largest absolute Gasteiger partial charge is 0.391 e. The van der Waals surface area contributed by atoms with E-state index in [2.05, 4.69) is 9.97 Å². The number of piperidine rings is 1. The Kier molecular flexibility index (Phi) is 4.85. The Morgan fingerprint density at radius 3 is 2.74 bits per heavy atom. The van der Waals surface area contributed by atoms with E-state index in [-0.39, 0.29) is 12.6 Å². The number of benzene rings is 1. The molecule has 1 unspecified atom stereocenters. The number of rotatable bonds is 4. The highest BCUT2D eigenvalue weighted by Crippen LogP contribution is 2.23. The number of nitrogens with two attached hydrogens (primary N) is 1. The van der Waals surface area contributed by atoms with Gasteiger partial charge in [0.15, 0.2) is 0 Å². The molecule has 4 N–H and O–H groups in total. The van der Waals surface area contributed by atoms with E-state index in [0.717, 1.165) is 36.1 Å². The first-order valence-electron chi connectivity index (χ1n) is 7.91. The maximum absolute atomic E-state index is 9.85. The van der Waals surface area contributed by atoms with E-state index in [0.29, 0.717) is 12.5 Å². The van der Waals surface area contributed by atoms with Gasteiger partial charge in [-0.1, -0.05) is 18.2 Å². The number of β-amino-alcohol motifs (C(OH)–C–C–N with tert-alkyl or cyclic N) is 1. The van der Waals surface area contributed by atoms with Crippen molar-refractivity contribution in [3.05, 3.63) is 42.2 Å². The molecule has 2 aromatic rings. The number of hydrogen-bond acceptors (Lipinski definition) is 6. The third kappa shape index (κ3) is 3.67. The number of nitrogens with zero attached hydrogens (tertiary/aromatic N) is 3. The van der Waals surface area contributed by atoms with Crippen LogP contribution in [0.25, 0.3) is 11.1 Å². The van der Waals surface area contributed by atoms with Crippen LogP contribution in [-0.4, -0.2) is 45.9 Å². The standard InChI is InChI=1S/C17H22N4O2/c18-8-16(23)13-4-1-3-12(7-13)14-9-19-17(20-10-14)21-6-2-5-15(22)11-21/h1,3-4,7,9-10,15-16,22-23H,2,5-6,8,11,18H2/t15?,16-/m1/s1. The smallest absolute Gasteiger partial charge is 0.225 e. The minimum Gasteiger partial charge on any atom is -0.391 e. The summed E-state index contributed by atoms with van der Waals surface area (Å²) in [6.45, 7) is 1.64. The Labute approximate surface area is 135 Å². The fourth-order valence-corrected chi connectivity index (χ4v) is 2.83. The fraction of sp³-hybridized carbons (Fsp3) is 0.412. The maximum atomic E-state index is 9.85. The van der Waals surface area contributed by atoms with Crippen molar-refractivity contribution in [1.82, 2.24) is 9.97 Å². The Morgan fingerprint density at radius 2 is 2.04 bits per heavy atom. The maximum Gasteiger partial charge on any atom is 0.225 e. The molecule has 23 heavy (non-hydrogen) atoms. The van der Waals surface area contributed by atoms with Gasteiger partial charge >= 0.3 is 0 Å². The van der Waals surface area contributed by atoms with Crippen molar-refractivity contribution in [3.63, 3.8) is 0 Å². The van der Waals surface area contributed by atoms with Crippen LogP contribution in [0.15, 0.2) is 36.7 Å². The summed E-state index contributed by atoms with van der Waals surface area (Å²) in [5.41, 5.74) is 8.12. The van der Waals surface area contributed by atoms with Gasteiger partial charge < -0.3 is 20.8 Å². The number of aliphatic hydroxyl groups is 2. The molecule has 2 atom stereocenters. The molecule has 3 rings (SSSR count). The topological polar surface area (TPSA) is 95.5 Å². The summed E-state index contributed by atoms with van der Waals surface area (Å²) in [7, 11) is 0. The molecule has 1 fully saturated rings. The predicted molar refractivity (Wildman–Crippen MR) is 88.9 cm³/mol. The second kappa shape index (κ2) is 7.04. The van der Waals surface area contributed by atoms with Crippen molar-refractivity contribution in [1.29, 1.82) is 0 Å². The lowest BCUT2D eigenvalue weighted by Crippen LogP contribution is -2.39. The number of anilines is 1. The summed E-state index contributed by atoms with van der Waals surface area (Å²) in [5, 5.41) is 19.6. The van der Waals surface area contributed by atoms with Crippen molar-refractivity contribution in [2.45, 2.75) is 25.0 Å². The average Bonchev–Trinajstić information content (AvgIpc) is 2.61. The summed E-state index contributed by atoms with van der Waals surface area (Å²) in [5.74, 6) is 0.644. The first-order chi connectivity index (χ1) is 11.2. The Morgan fingerprint density at radius 1 is 1.26 bits per heavy atom. The molecular formula is C17H22N4O2. The van der Waals surface area contributed by atoms with Crippen LogP contribution in [0.5, 0.6) is 0 Å². The molecule has 1 saturated heterocycles. The Bertz CT molecular complexity index is 647. The normalized spacial score (nSPS) is 19.6. The Hall–Kier alpha value is -2.02. The molecule has 6 heteroatoms. The van der Waals surface area contributed by atoms with Crippen molar-refractivity contribution < 1.29 is 10.2 Å². The van der Waals surface area contributed by atoms with Gasteiger partial charge in [0.05, 0.1) is 12.2 Å². The number of aromatic nitrogens is 2. The predicted octanol–water partition coefficient (Wildman–Crippen LogP) is 1.10. The van der Waals surface area contributed by atoms with Gasteiger partial charge in [0.2, 0.25) is 5.95 Å². The number of aliphatic hydroxyl groups excluding tert-OH is 2. The first kappa shape index (κ1) is 15.9. The highest BCUT2D eigenvalue weighted by Gasteiger charge is 2.19. The second-order valence-electron chi connectivity index (χ2n) is 5.89. The van der Waals surface area contributed by atoms with Crippen LogP contribution in [0.3, 0.4) is 0 Å². The molecule has 1 aromatic heterocycles. The minimum absolute atomic E-state index is 0.191. The molecule has 0 radical (unpaired) electrons. The van der Waals surface area contributed by atoms with E-state index in [9.17, 15) is 10.2 Å². The lowest BCUT2D eigenvalue weighted by molar-refractivity contribution is 0.153. The summed E-state index contributed by atoms with van der Waals surface area (Å²) in [4.78, 5) is 10.9. The van der Waals surface area contributed by atoms with Gasteiger partial charge in [-0.15, -0.1) is 0 Å². The SMILES string of the molecule is NC[C@@H](O)c1cccc(-c2cnc(N3CCCC(O)C3)nc2)c1. The zero-order chi connectivity index (χ0) is 16.2. The van der Waals surface area contributed by atoms with Gasteiger partial charge in [-0.25, -0.2) is 9.97 Å². The van der Waals surface area contributed by atoms with Crippen LogP contribution in [0.2, 0.25) is 0 Å². The van der Waals surface area contributed by atoms with Crippen molar-refractivity contribution >= 4 is 5.95 Å². The van der Waals surface area contributed by atoms with Crippen LogP contribution in [0, 0.1) is 0 Å². The van der Waals surface area contributed by atoms with E-state index >= 15 is 0 Å². The molecule has 0 aliphatic carbocycles. The summed E-state index contributed by atoms with van der Waals surface area (Å²) < 4.78 is 0. The zero-order valence-electron chi connectivity index (χ0n) is 13.0. The van der Waals surface area contributed by atoms with E-state index in [1.54, 1.807) is 12.4 Å². The van der Waals surface area contributed by atoms with E-state index in [1.165, 1.54) is 0 Å². The molecule has 122 valence electrons. The molecular weight excluding hydrogens is 292 g/mol. The van der Waals surface area contributed by atoms with E-state index in [4.69, 9.17) is 5.73 Å². The first-order valence-corrected chi connectivity index (χ1v) is 7.91. The van der Waals surface area contributed by atoms with Crippen molar-refractivity contribution in [3.8, 4) is 11.1 Å². The van der Waals surface area contributed by atoms with Gasteiger partial charge in [-0.2, -0.15) is 0 Å². The second-order valence-corrected chi connectivity index (χ2v) is 5.89. The molecule has 0 bridgehead atoms. The van der Waals surface area contributed by atoms with Crippen molar-refractivity contribution in [2.75, 3.05) is 24.5 Å². The van der Waals surface area contributed by atoms with E-state index < -0.39 is 6.10 Å². The molecule has 0 spiro atoms. The van der Waals surface area contributed by atoms with Gasteiger partial charge in [0.1, 0.15) is 0 Å². The lowest BCUT2D eigenvalue weighted by atomic mass is 10.0. The summed E-state index contributed by atoms with van der Waals surface area (Å²) >= 11 is 0. The van der Waals surface area contributed by atoms with Gasteiger partial charge in [-0.05, 0) is 30.0 Å².